The lowest BCUT2D eigenvalue weighted by atomic mass is 10.0. The number of aliphatic hydroxyl groups is 2. The maximum absolute atomic E-state index is 12.5. The van der Waals surface area contributed by atoms with Gasteiger partial charge in [0.05, 0.1) is 25.4 Å². The monoisotopic (exact) mass is 1130 g/mol. The number of hydrogen-bond acceptors (Lipinski definition) is 5. The quantitative estimate of drug-likeness (QED) is 0.0320. The van der Waals surface area contributed by atoms with Crippen molar-refractivity contribution in [2.75, 3.05) is 13.2 Å². The molecule has 0 aliphatic heterocycles. The van der Waals surface area contributed by atoms with Gasteiger partial charge in [-0.1, -0.05) is 366 Å². The molecule has 80 heavy (non-hydrogen) atoms. The van der Waals surface area contributed by atoms with E-state index in [0.29, 0.717) is 19.4 Å². The number of allylic oxidation sites excluding steroid dienone is 3. The molecule has 474 valence electrons. The Bertz CT molecular complexity index is 1250. The van der Waals surface area contributed by atoms with Crippen molar-refractivity contribution in [1.82, 2.24) is 5.32 Å². The van der Waals surface area contributed by atoms with Gasteiger partial charge in [-0.3, -0.25) is 9.59 Å². The summed E-state index contributed by atoms with van der Waals surface area (Å²) in [5, 5.41) is 23.3. The number of aliphatic hydroxyl groups excluding tert-OH is 2. The van der Waals surface area contributed by atoms with Crippen LogP contribution in [0.25, 0.3) is 0 Å². The van der Waals surface area contributed by atoms with Crippen molar-refractivity contribution in [1.29, 1.82) is 0 Å². The molecule has 0 rings (SSSR count). The van der Waals surface area contributed by atoms with Crippen LogP contribution < -0.4 is 5.32 Å². The van der Waals surface area contributed by atoms with Gasteiger partial charge in [0.15, 0.2) is 0 Å². The molecule has 0 saturated heterocycles. The van der Waals surface area contributed by atoms with E-state index in [9.17, 15) is 19.8 Å². The van der Waals surface area contributed by atoms with E-state index in [4.69, 9.17) is 4.74 Å². The first-order valence-electron chi connectivity index (χ1n) is 36.6. The van der Waals surface area contributed by atoms with Gasteiger partial charge in [0, 0.05) is 12.8 Å². The third kappa shape index (κ3) is 65.5. The zero-order valence-corrected chi connectivity index (χ0v) is 54.3. The second-order valence-electron chi connectivity index (χ2n) is 25.3. The number of esters is 1. The molecule has 0 heterocycles. The molecule has 0 fully saturated rings. The first-order chi connectivity index (χ1) is 39.5. The van der Waals surface area contributed by atoms with E-state index in [1.807, 2.05) is 6.08 Å². The Morgan fingerprint density at radius 1 is 0.338 bits per heavy atom. The second kappa shape index (κ2) is 69.8. The first-order valence-corrected chi connectivity index (χ1v) is 36.6. The van der Waals surface area contributed by atoms with Crippen LogP contribution in [0.2, 0.25) is 0 Å². The summed E-state index contributed by atoms with van der Waals surface area (Å²) in [4.78, 5) is 24.6. The van der Waals surface area contributed by atoms with Crippen molar-refractivity contribution in [3.05, 3.63) is 24.3 Å². The zero-order valence-electron chi connectivity index (χ0n) is 54.3. The maximum atomic E-state index is 12.5. The summed E-state index contributed by atoms with van der Waals surface area (Å²) in [6.45, 7) is 4.95. The molecule has 6 heteroatoms. The van der Waals surface area contributed by atoms with Crippen molar-refractivity contribution < 1.29 is 24.5 Å². The van der Waals surface area contributed by atoms with Crippen LogP contribution in [0.3, 0.4) is 0 Å². The van der Waals surface area contributed by atoms with Crippen molar-refractivity contribution >= 4 is 11.9 Å². The Morgan fingerprint density at radius 2 is 0.588 bits per heavy atom. The summed E-state index contributed by atoms with van der Waals surface area (Å²) in [5.74, 6) is -0.0508. The van der Waals surface area contributed by atoms with Crippen molar-refractivity contribution in [2.45, 2.75) is 424 Å². The summed E-state index contributed by atoms with van der Waals surface area (Å²) in [5.41, 5.74) is 0. The number of ether oxygens (including phenoxy) is 1. The van der Waals surface area contributed by atoms with Gasteiger partial charge in [0.1, 0.15) is 0 Å². The van der Waals surface area contributed by atoms with Gasteiger partial charge >= 0.3 is 5.97 Å². The maximum Gasteiger partial charge on any atom is 0.305 e. The summed E-state index contributed by atoms with van der Waals surface area (Å²) in [6.07, 6.45) is 88.4. The van der Waals surface area contributed by atoms with Crippen LogP contribution in [-0.4, -0.2) is 47.4 Å². The lowest BCUT2D eigenvalue weighted by Gasteiger charge is -2.20. The zero-order chi connectivity index (χ0) is 57.8. The molecule has 2 atom stereocenters. The van der Waals surface area contributed by atoms with E-state index in [1.165, 1.54) is 347 Å². The summed E-state index contributed by atoms with van der Waals surface area (Å²) < 4.78 is 5.49. The Hall–Kier alpha value is -1.66. The fourth-order valence-electron chi connectivity index (χ4n) is 11.6. The highest BCUT2D eigenvalue weighted by Crippen LogP contribution is 2.19. The molecule has 6 nitrogen and oxygen atoms in total. The van der Waals surface area contributed by atoms with Crippen LogP contribution >= 0.6 is 0 Å². The van der Waals surface area contributed by atoms with Gasteiger partial charge in [-0.05, 0) is 57.8 Å². The standard InChI is InChI=1S/C74H143NO5/c1-3-5-7-9-11-13-15-17-18-19-20-21-22-24-27-30-33-36-39-43-46-50-54-58-62-66-72(77)71(70-76)75-73(78)67-63-59-55-51-47-44-40-37-34-31-28-25-23-26-29-32-35-38-41-45-49-53-57-61-65-69-80-74(79)68-64-60-56-52-48-42-16-14-12-10-8-6-4-2/h25,28,62,66,71-72,76-77H,3-24,26-27,29-61,63-65,67-70H2,1-2H3,(H,75,78)/b28-25-,66-62+. The Labute approximate surface area is 501 Å². The Balaban J connectivity index is 3.42. The van der Waals surface area contributed by atoms with Crippen LogP contribution in [0.5, 0.6) is 0 Å². The largest absolute Gasteiger partial charge is 0.466 e. The minimum atomic E-state index is -0.848. The van der Waals surface area contributed by atoms with E-state index < -0.39 is 12.1 Å². The van der Waals surface area contributed by atoms with E-state index in [2.05, 4.69) is 31.3 Å². The number of hydrogen-bond donors (Lipinski definition) is 3. The fourth-order valence-corrected chi connectivity index (χ4v) is 11.6. The number of nitrogens with one attached hydrogen (secondary N) is 1. The molecule has 2 unspecified atom stereocenters. The minimum absolute atomic E-state index is 0.0154. The minimum Gasteiger partial charge on any atom is -0.466 e. The summed E-state index contributed by atoms with van der Waals surface area (Å²) in [7, 11) is 0. The average Bonchev–Trinajstić information content (AvgIpc) is 3.46. The number of unbranched alkanes of at least 4 members (excludes halogenated alkanes) is 56. The van der Waals surface area contributed by atoms with E-state index in [1.54, 1.807) is 6.08 Å². The summed E-state index contributed by atoms with van der Waals surface area (Å²) in [6, 6.07) is -0.631. The van der Waals surface area contributed by atoms with Crippen molar-refractivity contribution in [3.63, 3.8) is 0 Å². The average molecular weight is 1130 g/mol. The molecular formula is C74H143NO5. The molecule has 0 bridgehead atoms. The molecule has 0 aromatic heterocycles. The normalized spacial score (nSPS) is 12.6. The van der Waals surface area contributed by atoms with Gasteiger partial charge in [0.2, 0.25) is 5.91 Å². The lowest BCUT2D eigenvalue weighted by Crippen LogP contribution is -2.45. The molecule has 1 amide bonds. The van der Waals surface area contributed by atoms with Crippen LogP contribution in [0, 0.1) is 0 Å². The smallest absolute Gasteiger partial charge is 0.305 e. The van der Waals surface area contributed by atoms with Crippen LogP contribution in [0.4, 0.5) is 0 Å². The second-order valence-corrected chi connectivity index (χ2v) is 25.3. The molecule has 0 aromatic rings. The number of carbonyl (C=O) groups is 2. The third-order valence-corrected chi connectivity index (χ3v) is 17.2. The number of rotatable bonds is 69. The van der Waals surface area contributed by atoms with Crippen molar-refractivity contribution in [3.8, 4) is 0 Å². The van der Waals surface area contributed by atoms with Crippen LogP contribution in [0.15, 0.2) is 24.3 Å². The Kier molecular flexibility index (Phi) is 68.4. The third-order valence-electron chi connectivity index (χ3n) is 17.2. The predicted molar refractivity (Wildman–Crippen MR) is 352 cm³/mol. The highest BCUT2D eigenvalue weighted by atomic mass is 16.5. The summed E-state index contributed by atoms with van der Waals surface area (Å²) >= 11 is 0. The van der Waals surface area contributed by atoms with Crippen LogP contribution in [0.1, 0.15) is 412 Å². The SMILES string of the molecule is CCCCCCCCCCCCCCCCCCCCCCCCC/C=C/C(O)C(CO)NC(=O)CCCCCCCCCCC/C=C\CCCCCCCCCCCCCCOC(=O)CCCCCCCCCCCCCCC. The van der Waals surface area contributed by atoms with Gasteiger partial charge in [-0.15, -0.1) is 0 Å². The van der Waals surface area contributed by atoms with Gasteiger partial charge in [-0.2, -0.15) is 0 Å². The molecule has 0 spiro atoms. The lowest BCUT2D eigenvalue weighted by molar-refractivity contribution is -0.143. The highest BCUT2D eigenvalue weighted by Gasteiger charge is 2.18. The number of carbonyl (C=O) groups excluding carboxylic acids is 2. The molecular weight excluding hydrogens is 983 g/mol. The Morgan fingerprint density at radius 3 is 0.887 bits per heavy atom. The van der Waals surface area contributed by atoms with E-state index in [0.717, 1.165) is 38.5 Å². The van der Waals surface area contributed by atoms with E-state index >= 15 is 0 Å². The van der Waals surface area contributed by atoms with Gasteiger partial charge in [0.25, 0.3) is 0 Å². The van der Waals surface area contributed by atoms with E-state index in [-0.39, 0.29) is 18.5 Å². The first kappa shape index (κ1) is 78.3. The fraction of sp³-hybridized carbons (Fsp3) is 0.919. The predicted octanol–water partition coefficient (Wildman–Crippen LogP) is 23.7. The highest BCUT2D eigenvalue weighted by molar-refractivity contribution is 5.76. The van der Waals surface area contributed by atoms with Crippen molar-refractivity contribution in [2.24, 2.45) is 0 Å². The topological polar surface area (TPSA) is 95.9 Å². The molecule has 0 radical (unpaired) electrons. The molecule has 3 N–H and O–H groups in total. The number of amides is 1. The van der Waals surface area contributed by atoms with Gasteiger partial charge in [-0.25, -0.2) is 0 Å². The van der Waals surface area contributed by atoms with Crippen LogP contribution in [-0.2, 0) is 14.3 Å². The molecule has 0 saturated carbocycles. The molecule has 0 aliphatic carbocycles. The van der Waals surface area contributed by atoms with Gasteiger partial charge < -0.3 is 20.3 Å². The molecule has 0 aromatic carbocycles. The molecule has 0 aliphatic rings.